The van der Waals surface area contributed by atoms with Gasteiger partial charge in [-0.2, -0.15) is 5.10 Å². The van der Waals surface area contributed by atoms with Gasteiger partial charge in [0.1, 0.15) is 29.8 Å². The number of fused-ring (bicyclic) bond motifs is 1. The predicted molar refractivity (Wildman–Crippen MR) is 135 cm³/mol. The third-order valence-corrected chi connectivity index (χ3v) is 6.66. The van der Waals surface area contributed by atoms with Crippen molar-refractivity contribution in [2.75, 3.05) is 6.61 Å². The number of pyridine rings is 1. The van der Waals surface area contributed by atoms with E-state index in [1.54, 1.807) is 19.1 Å². The second kappa shape index (κ2) is 10.4. The van der Waals surface area contributed by atoms with E-state index < -0.39 is 23.8 Å². The molecule has 0 bridgehead atoms. The van der Waals surface area contributed by atoms with Crippen molar-refractivity contribution in [1.82, 2.24) is 20.1 Å². The lowest BCUT2D eigenvalue weighted by atomic mass is 10.0. The van der Waals surface area contributed by atoms with Crippen LogP contribution in [-0.2, 0) is 16.1 Å². The molecular weight excluding hydrogens is 502 g/mol. The summed E-state index contributed by atoms with van der Waals surface area (Å²) >= 11 is 6.44. The number of ether oxygens (including phenoxy) is 2. The molecule has 1 aliphatic rings. The molecule has 5 rings (SSSR count). The van der Waals surface area contributed by atoms with Gasteiger partial charge in [-0.15, -0.1) is 0 Å². The van der Waals surface area contributed by atoms with Gasteiger partial charge in [0.2, 0.25) is 5.91 Å². The molecule has 0 radical (unpaired) electrons. The van der Waals surface area contributed by atoms with Crippen molar-refractivity contribution in [3.63, 3.8) is 0 Å². The number of nitrogens with one attached hydrogen (secondary N) is 1. The van der Waals surface area contributed by atoms with Crippen LogP contribution in [0.1, 0.15) is 42.6 Å². The summed E-state index contributed by atoms with van der Waals surface area (Å²) in [6.07, 6.45) is 3.40. The van der Waals surface area contributed by atoms with Crippen LogP contribution in [0.5, 0.6) is 5.75 Å². The summed E-state index contributed by atoms with van der Waals surface area (Å²) in [5.74, 6) is -0.735. The van der Waals surface area contributed by atoms with Crippen molar-refractivity contribution in [2.24, 2.45) is 0 Å². The van der Waals surface area contributed by atoms with Gasteiger partial charge in [0, 0.05) is 23.3 Å². The molecule has 10 heteroatoms. The molecule has 37 heavy (non-hydrogen) atoms. The molecule has 1 N–H and O–H groups in total. The number of rotatable bonds is 7. The summed E-state index contributed by atoms with van der Waals surface area (Å²) in [7, 11) is 0. The molecule has 0 unspecified atom stereocenters. The Balaban J connectivity index is 1.45. The minimum atomic E-state index is -0.530. The van der Waals surface area contributed by atoms with Crippen LogP contribution >= 0.6 is 11.6 Å². The van der Waals surface area contributed by atoms with E-state index in [4.69, 9.17) is 21.1 Å². The number of halogens is 3. The van der Waals surface area contributed by atoms with Crippen LogP contribution in [0, 0.1) is 18.6 Å². The Morgan fingerprint density at radius 1 is 1.30 bits per heavy atom. The highest BCUT2D eigenvalue weighted by Crippen LogP contribution is 2.32. The van der Waals surface area contributed by atoms with E-state index >= 15 is 0 Å². The minimum Gasteiger partial charge on any atom is -0.487 e. The van der Waals surface area contributed by atoms with E-state index in [9.17, 15) is 13.6 Å². The average Bonchev–Trinajstić information content (AvgIpc) is 3.55. The zero-order chi connectivity index (χ0) is 26.1. The van der Waals surface area contributed by atoms with Gasteiger partial charge in [-0.05, 0) is 56.5 Å². The smallest absolute Gasteiger partial charge is 0.249 e. The van der Waals surface area contributed by atoms with Crippen LogP contribution in [0.15, 0.2) is 48.8 Å². The summed E-state index contributed by atoms with van der Waals surface area (Å²) in [5, 5.41) is 7.88. The van der Waals surface area contributed by atoms with E-state index in [0.717, 1.165) is 12.6 Å². The third kappa shape index (κ3) is 5.28. The molecule has 0 aliphatic carbocycles. The van der Waals surface area contributed by atoms with Gasteiger partial charge in [0.25, 0.3) is 0 Å². The van der Waals surface area contributed by atoms with Crippen LogP contribution in [0.2, 0.25) is 5.02 Å². The first-order valence-electron chi connectivity index (χ1n) is 11.9. The molecule has 7 nitrogen and oxygen atoms in total. The molecule has 192 valence electrons. The first kappa shape index (κ1) is 25.1. The molecule has 0 saturated carbocycles. The fraction of sp³-hybridized carbons (Fsp3) is 0.296. The monoisotopic (exact) mass is 526 g/mol. The van der Waals surface area contributed by atoms with E-state index in [2.05, 4.69) is 15.4 Å². The van der Waals surface area contributed by atoms with Crippen molar-refractivity contribution in [2.45, 2.75) is 45.4 Å². The van der Waals surface area contributed by atoms with Crippen LogP contribution < -0.4 is 10.1 Å². The highest BCUT2D eigenvalue weighted by molar-refractivity contribution is 6.31. The van der Waals surface area contributed by atoms with Crippen LogP contribution in [-0.4, -0.2) is 33.4 Å². The molecule has 2 aromatic carbocycles. The molecule has 2 atom stereocenters. The van der Waals surface area contributed by atoms with Gasteiger partial charge in [0.05, 0.1) is 29.1 Å². The van der Waals surface area contributed by atoms with Gasteiger partial charge in [-0.25, -0.2) is 18.4 Å². The summed E-state index contributed by atoms with van der Waals surface area (Å²) in [6, 6.07) is 9.26. The van der Waals surface area contributed by atoms with Gasteiger partial charge in [-0.3, -0.25) is 4.79 Å². The normalized spacial score (nSPS) is 16.2. The topological polar surface area (TPSA) is 78.3 Å². The number of hydrogen-bond donors (Lipinski definition) is 1. The van der Waals surface area contributed by atoms with E-state index in [1.165, 1.54) is 23.0 Å². The lowest BCUT2D eigenvalue weighted by Crippen LogP contribution is -2.36. The second-order valence-electron chi connectivity index (χ2n) is 9.01. The summed E-state index contributed by atoms with van der Waals surface area (Å²) in [5.41, 5.74) is 2.96. The zero-order valence-electron chi connectivity index (χ0n) is 20.3. The number of aromatic nitrogens is 3. The highest BCUT2D eigenvalue weighted by atomic mass is 35.5. The molecule has 1 fully saturated rings. The Bertz CT molecular complexity index is 1470. The van der Waals surface area contributed by atoms with Crippen molar-refractivity contribution in [3.05, 3.63) is 82.3 Å². The number of nitrogens with zero attached hydrogens (tertiary/aromatic N) is 3. The third-order valence-electron chi connectivity index (χ3n) is 6.32. The minimum absolute atomic E-state index is 0.00898. The number of aryl methyl sites for hydroxylation is 1. The quantitative estimate of drug-likeness (QED) is 0.339. The second-order valence-corrected chi connectivity index (χ2v) is 9.42. The first-order valence-corrected chi connectivity index (χ1v) is 12.3. The average molecular weight is 527 g/mol. The van der Waals surface area contributed by atoms with Gasteiger partial charge in [-0.1, -0.05) is 23.7 Å². The lowest BCUT2D eigenvalue weighted by molar-refractivity contribution is -0.130. The molecule has 3 heterocycles. The number of carbonyl (C=O) groups excluding carboxylic acids is 1. The number of para-hydroxylation sites is 1. The highest BCUT2D eigenvalue weighted by Gasteiger charge is 2.26. The van der Waals surface area contributed by atoms with Gasteiger partial charge in [0.15, 0.2) is 5.82 Å². The van der Waals surface area contributed by atoms with E-state index in [1.807, 2.05) is 19.1 Å². The zero-order valence-corrected chi connectivity index (χ0v) is 21.1. The van der Waals surface area contributed by atoms with E-state index in [-0.39, 0.29) is 17.5 Å². The predicted octanol–water partition coefficient (Wildman–Crippen LogP) is 5.60. The SMILES string of the molecule is Cc1cc(-n2cc(F)cn2)c2cccc(OCc3c(Cl)cc(F)cc3[C@H](C)NC(=O)[C@H]3CCCO3)c2n1. The largest absolute Gasteiger partial charge is 0.487 e. The fourth-order valence-corrected chi connectivity index (χ4v) is 4.82. The molecular formula is C27H25ClF2N4O3. The molecule has 1 amide bonds. The summed E-state index contributed by atoms with van der Waals surface area (Å²) in [4.78, 5) is 17.2. The Hall–Kier alpha value is -3.56. The Labute approximate surface area is 217 Å². The maximum atomic E-state index is 14.3. The number of carbonyl (C=O) groups is 1. The Kier molecular flexibility index (Phi) is 7.08. The van der Waals surface area contributed by atoms with E-state index in [0.29, 0.717) is 52.2 Å². The number of benzene rings is 2. The standard InChI is InChI=1S/C27H25ClF2N4O3/c1-15-9-23(34-13-18(30)12-31-34)19-5-3-6-24(26(19)32-15)37-14-21-20(10-17(29)11-22(21)28)16(2)33-27(35)25-7-4-8-36-25/h3,5-6,9-13,16,25H,4,7-8,14H2,1-2H3,(H,33,35)/t16-,25+/m0/s1. The Morgan fingerprint density at radius 3 is 2.86 bits per heavy atom. The van der Waals surface area contributed by atoms with Gasteiger partial charge >= 0.3 is 0 Å². The van der Waals surface area contributed by atoms with Crippen LogP contribution in [0.25, 0.3) is 16.6 Å². The van der Waals surface area contributed by atoms with Crippen LogP contribution in [0.3, 0.4) is 0 Å². The number of hydrogen-bond acceptors (Lipinski definition) is 5. The fourth-order valence-electron chi connectivity index (χ4n) is 4.55. The Morgan fingerprint density at radius 2 is 2.14 bits per heavy atom. The van der Waals surface area contributed by atoms with Gasteiger partial charge < -0.3 is 14.8 Å². The summed E-state index contributed by atoms with van der Waals surface area (Å²) in [6.45, 7) is 4.15. The first-order chi connectivity index (χ1) is 17.8. The molecule has 1 saturated heterocycles. The van der Waals surface area contributed by atoms with Crippen LogP contribution in [0.4, 0.5) is 8.78 Å². The number of amides is 1. The van der Waals surface area contributed by atoms with Crippen molar-refractivity contribution >= 4 is 28.4 Å². The maximum Gasteiger partial charge on any atom is 0.249 e. The molecule has 1 aliphatic heterocycles. The maximum absolute atomic E-state index is 14.3. The molecule has 2 aromatic heterocycles. The molecule has 4 aromatic rings. The lowest BCUT2D eigenvalue weighted by Gasteiger charge is -2.21. The molecule has 0 spiro atoms. The van der Waals surface area contributed by atoms with Crippen molar-refractivity contribution in [3.8, 4) is 11.4 Å². The summed E-state index contributed by atoms with van der Waals surface area (Å²) < 4.78 is 41.0. The van der Waals surface area contributed by atoms with Crippen molar-refractivity contribution in [1.29, 1.82) is 0 Å². The van der Waals surface area contributed by atoms with Crippen molar-refractivity contribution < 1.29 is 23.0 Å².